The van der Waals surface area contributed by atoms with Crippen LogP contribution in [-0.4, -0.2) is 29.7 Å². The molecule has 0 radical (unpaired) electrons. The molecule has 0 bridgehead atoms. The van der Waals surface area contributed by atoms with E-state index in [-0.39, 0.29) is 17.7 Å². The Morgan fingerprint density at radius 3 is 2.41 bits per heavy atom. The van der Waals surface area contributed by atoms with E-state index in [1.54, 1.807) is 50.2 Å². The summed E-state index contributed by atoms with van der Waals surface area (Å²) in [5.74, 6) is -1.46. The number of carbonyl (C=O) groups is 2. The van der Waals surface area contributed by atoms with E-state index >= 15 is 0 Å². The molecule has 0 aliphatic heterocycles. The lowest BCUT2D eigenvalue weighted by Crippen LogP contribution is -2.39. The van der Waals surface area contributed by atoms with Gasteiger partial charge in [-0.15, -0.1) is 0 Å². The number of aliphatic carboxylic acids is 1. The van der Waals surface area contributed by atoms with Crippen molar-refractivity contribution in [1.29, 1.82) is 0 Å². The topological polar surface area (TPSA) is 84.9 Å². The van der Waals surface area contributed by atoms with Gasteiger partial charge in [-0.05, 0) is 43.2 Å². The maximum absolute atomic E-state index is 13.7. The highest BCUT2D eigenvalue weighted by Crippen LogP contribution is 2.20. The highest BCUT2D eigenvalue weighted by atomic mass is 19.1. The van der Waals surface area contributed by atoms with Gasteiger partial charge in [0.15, 0.2) is 24.3 Å². The van der Waals surface area contributed by atoms with Gasteiger partial charge in [0.1, 0.15) is 5.75 Å². The molecule has 2 unspecified atom stereocenters. The fraction of sp³-hybridized carbons (Fsp3) is 0.300. The summed E-state index contributed by atoms with van der Waals surface area (Å²) in [7, 11) is 0. The van der Waals surface area contributed by atoms with Crippen LogP contribution in [0.3, 0.4) is 0 Å². The number of para-hydroxylation sites is 1. The van der Waals surface area contributed by atoms with E-state index in [1.807, 2.05) is 0 Å². The van der Waals surface area contributed by atoms with Crippen molar-refractivity contribution in [3.63, 3.8) is 0 Å². The highest BCUT2D eigenvalue weighted by Gasteiger charge is 2.21. The number of ether oxygens (including phenoxy) is 2. The van der Waals surface area contributed by atoms with Gasteiger partial charge in [-0.3, -0.25) is 4.79 Å². The Kier molecular flexibility index (Phi) is 7.16. The van der Waals surface area contributed by atoms with Crippen molar-refractivity contribution in [2.24, 2.45) is 0 Å². The predicted molar refractivity (Wildman–Crippen MR) is 97.2 cm³/mol. The first kappa shape index (κ1) is 20.2. The number of rotatable bonds is 9. The average molecular weight is 375 g/mol. The molecule has 27 heavy (non-hydrogen) atoms. The number of amides is 1. The zero-order valence-corrected chi connectivity index (χ0v) is 15.1. The van der Waals surface area contributed by atoms with Gasteiger partial charge in [-0.2, -0.15) is 0 Å². The van der Waals surface area contributed by atoms with Crippen molar-refractivity contribution in [2.75, 3.05) is 6.61 Å². The van der Waals surface area contributed by atoms with Crippen LogP contribution in [0.15, 0.2) is 48.5 Å². The summed E-state index contributed by atoms with van der Waals surface area (Å²) in [6.07, 6.45) is -0.433. The van der Waals surface area contributed by atoms with Crippen LogP contribution in [0, 0.1) is 5.82 Å². The van der Waals surface area contributed by atoms with E-state index in [2.05, 4.69) is 5.32 Å². The smallest absolute Gasteiger partial charge is 0.341 e. The molecule has 0 saturated heterocycles. The molecule has 2 aromatic rings. The first-order valence-electron chi connectivity index (χ1n) is 8.56. The summed E-state index contributed by atoms with van der Waals surface area (Å²) in [6.45, 7) is 3.17. The minimum atomic E-state index is -1.06. The quantitative estimate of drug-likeness (QED) is 0.702. The largest absolute Gasteiger partial charge is 0.482 e. The molecule has 2 rings (SSSR count). The van der Waals surface area contributed by atoms with E-state index in [4.69, 9.17) is 14.6 Å². The summed E-state index contributed by atoms with van der Waals surface area (Å²) in [4.78, 5) is 23.0. The number of halogens is 1. The molecule has 2 aromatic carbocycles. The first-order valence-corrected chi connectivity index (χ1v) is 8.56. The van der Waals surface area contributed by atoms with E-state index in [0.29, 0.717) is 12.2 Å². The number of carboxylic acid groups (broad SMARTS) is 1. The van der Waals surface area contributed by atoms with E-state index < -0.39 is 24.5 Å². The van der Waals surface area contributed by atoms with Crippen LogP contribution in [0.5, 0.6) is 11.5 Å². The fourth-order valence-electron chi connectivity index (χ4n) is 2.40. The van der Waals surface area contributed by atoms with Gasteiger partial charge in [0.25, 0.3) is 5.91 Å². The lowest BCUT2D eigenvalue weighted by atomic mass is 10.1. The van der Waals surface area contributed by atoms with Crippen LogP contribution >= 0.6 is 0 Å². The summed E-state index contributed by atoms with van der Waals surface area (Å²) in [6, 6.07) is 12.4. The molecule has 144 valence electrons. The summed E-state index contributed by atoms with van der Waals surface area (Å²) < 4.78 is 24.3. The van der Waals surface area contributed by atoms with Crippen LogP contribution in [0.25, 0.3) is 0 Å². The Morgan fingerprint density at radius 1 is 1.15 bits per heavy atom. The number of hydrogen-bond donors (Lipinski definition) is 2. The highest BCUT2D eigenvalue weighted by molar-refractivity contribution is 5.81. The first-order chi connectivity index (χ1) is 12.9. The third-order valence-corrected chi connectivity index (χ3v) is 3.87. The summed E-state index contributed by atoms with van der Waals surface area (Å²) in [5.41, 5.74) is 0.812. The van der Waals surface area contributed by atoms with Gasteiger partial charge in [0.05, 0.1) is 6.04 Å². The maximum atomic E-state index is 13.7. The molecule has 0 aromatic heterocycles. The molecular formula is C20H22FNO5. The van der Waals surface area contributed by atoms with Gasteiger partial charge in [0, 0.05) is 0 Å². The zero-order chi connectivity index (χ0) is 19.8. The molecule has 0 spiro atoms. The Labute approximate surface area is 156 Å². The Morgan fingerprint density at radius 2 is 1.81 bits per heavy atom. The lowest BCUT2D eigenvalue weighted by molar-refractivity contribution is -0.139. The minimum Gasteiger partial charge on any atom is -0.482 e. The number of carboxylic acids is 1. The monoisotopic (exact) mass is 375 g/mol. The second kappa shape index (κ2) is 9.56. The van der Waals surface area contributed by atoms with E-state index in [1.165, 1.54) is 12.1 Å². The van der Waals surface area contributed by atoms with Crippen molar-refractivity contribution in [3.8, 4) is 11.5 Å². The third-order valence-electron chi connectivity index (χ3n) is 3.87. The number of benzene rings is 2. The lowest BCUT2D eigenvalue weighted by Gasteiger charge is -2.21. The van der Waals surface area contributed by atoms with Gasteiger partial charge < -0.3 is 19.9 Å². The second-order valence-corrected chi connectivity index (χ2v) is 5.93. The molecule has 0 saturated carbocycles. The van der Waals surface area contributed by atoms with Crippen molar-refractivity contribution >= 4 is 11.9 Å². The van der Waals surface area contributed by atoms with Crippen LogP contribution in [-0.2, 0) is 9.59 Å². The predicted octanol–water partition coefficient (Wildman–Crippen LogP) is 3.32. The second-order valence-electron chi connectivity index (χ2n) is 5.93. The minimum absolute atomic E-state index is 0.0343. The SMILES string of the molecule is CCC(Oc1ccccc1F)C(=O)NC(C)c1ccc(OCC(=O)O)cc1. The standard InChI is InChI=1S/C20H22FNO5/c1-3-17(27-18-7-5-4-6-16(18)21)20(25)22-13(2)14-8-10-15(11-9-14)26-12-19(23)24/h4-11,13,17H,3,12H2,1-2H3,(H,22,25)(H,23,24). The van der Waals surface area contributed by atoms with Gasteiger partial charge in [0.2, 0.25) is 0 Å². The van der Waals surface area contributed by atoms with E-state index in [0.717, 1.165) is 5.56 Å². The van der Waals surface area contributed by atoms with Crippen molar-refractivity contribution < 1.29 is 28.6 Å². The molecule has 0 aliphatic rings. The fourth-order valence-corrected chi connectivity index (χ4v) is 2.40. The normalized spacial score (nSPS) is 12.7. The molecule has 0 fully saturated rings. The zero-order valence-electron chi connectivity index (χ0n) is 15.1. The van der Waals surface area contributed by atoms with Crippen LogP contribution in [0.2, 0.25) is 0 Å². The molecular weight excluding hydrogens is 353 g/mol. The summed E-state index contributed by atoms with van der Waals surface area (Å²) in [5, 5.41) is 11.4. The van der Waals surface area contributed by atoms with Crippen LogP contribution in [0.4, 0.5) is 4.39 Å². The number of nitrogens with one attached hydrogen (secondary N) is 1. The Hall–Kier alpha value is -3.09. The van der Waals surface area contributed by atoms with E-state index in [9.17, 15) is 14.0 Å². The van der Waals surface area contributed by atoms with Crippen LogP contribution in [0.1, 0.15) is 31.9 Å². The van der Waals surface area contributed by atoms with Gasteiger partial charge >= 0.3 is 5.97 Å². The van der Waals surface area contributed by atoms with Gasteiger partial charge in [-0.1, -0.05) is 31.2 Å². The molecule has 2 N–H and O–H groups in total. The molecule has 1 amide bonds. The summed E-state index contributed by atoms with van der Waals surface area (Å²) >= 11 is 0. The maximum Gasteiger partial charge on any atom is 0.341 e. The molecule has 0 heterocycles. The molecule has 6 nitrogen and oxygen atoms in total. The molecule has 7 heteroatoms. The average Bonchev–Trinajstić information content (AvgIpc) is 2.66. The Balaban J connectivity index is 1.96. The number of carbonyl (C=O) groups excluding carboxylic acids is 1. The molecule has 2 atom stereocenters. The van der Waals surface area contributed by atoms with Crippen LogP contribution < -0.4 is 14.8 Å². The Bertz CT molecular complexity index is 778. The van der Waals surface area contributed by atoms with Crippen molar-refractivity contribution in [3.05, 3.63) is 59.9 Å². The number of hydrogen-bond acceptors (Lipinski definition) is 4. The van der Waals surface area contributed by atoms with Crippen molar-refractivity contribution in [1.82, 2.24) is 5.32 Å². The molecule has 0 aliphatic carbocycles. The van der Waals surface area contributed by atoms with Crippen molar-refractivity contribution in [2.45, 2.75) is 32.4 Å². The third kappa shape index (κ3) is 5.99. The van der Waals surface area contributed by atoms with Gasteiger partial charge in [-0.25, -0.2) is 9.18 Å².